The number of amides is 1. The molecule has 2 rings (SSSR count). The van der Waals surface area contributed by atoms with E-state index in [1.165, 1.54) is 9.87 Å². The second kappa shape index (κ2) is 9.20. The van der Waals surface area contributed by atoms with E-state index in [0.29, 0.717) is 19.6 Å². The van der Waals surface area contributed by atoms with E-state index in [1.807, 2.05) is 24.3 Å². The Morgan fingerprint density at radius 1 is 1.40 bits per heavy atom. The number of nitrogens with zero attached hydrogens (tertiary/aromatic N) is 1. The van der Waals surface area contributed by atoms with Crippen LogP contribution in [0.4, 0.5) is 0 Å². The van der Waals surface area contributed by atoms with E-state index in [9.17, 15) is 13.2 Å². The van der Waals surface area contributed by atoms with Gasteiger partial charge in [-0.2, -0.15) is 0 Å². The number of hydrogen-bond acceptors (Lipinski definition) is 4. The summed E-state index contributed by atoms with van der Waals surface area (Å²) in [6.07, 6.45) is 3.18. The molecular formula is C18H28N2O4S. The van der Waals surface area contributed by atoms with Gasteiger partial charge in [0.05, 0.1) is 18.8 Å². The number of methoxy groups -OCH3 is 1. The number of sulfonamides is 1. The highest BCUT2D eigenvalue weighted by molar-refractivity contribution is 7.89. The first-order chi connectivity index (χ1) is 12.0. The Labute approximate surface area is 150 Å². The van der Waals surface area contributed by atoms with E-state index in [4.69, 9.17) is 4.74 Å². The van der Waals surface area contributed by atoms with Gasteiger partial charge in [-0.15, -0.1) is 0 Å². The summed E-state index contributed by atoms with van der Waals surface area (Å²) in [5, 5.41) is 2.95. The van der Waals surface area contributed by atoms with Gasteiger partial charge in [-0.25, -0.2) is 12.7 Å². The van der Waals surface area contributed by atoms with Gasteiger partial charge in [0.15, 0.2) is 0 Å². The van der Waals surface area contributed by atoms with Crippen LogP contribution >= 0.6 is 0 Å². The summed E-state index contributed by atoms with van der Waals surface area (Å²) in [7, 11) is -1.57. The van der Waals surface area contributed by atoms with Crippen LogP contribution < -0.4 is 10.1 Å². The number of hydrogen-bond donors (Lipinski definition) is 1. The Balaban J connectivity index is 1.76. The number of nitrogens with one attached hydrogen (secondary N) is 1. The van der Waals surface area contributed by atoms with Crippen molar-refractivity contribution in [1.29, 1.82) is 0 Å². The SMILES string of the molecule is CCS(=O)(=O)N1CCC[C@H](C(=O)NCCCc2cccc(OC)c2)C1. The number of aryl methyl sites for hydroxylation is 1. The summed E-state index contributed by atoms with van der Waals surface area (Å²) in [5.41, 5.74) is 1.17. The zero-order valence-corrected chi connectivity index (χ0v) is 15.8. The highest BCUT2D eigenvalue weighted by atomic mass is 32.2. The number of rotatable bonds is 8. The van der Waals surface area contributed by atoms with Crippen molar-refractivity contribution in [3.63, 3.8) is 0 Å². The van der Waals surface area contributed by atoms with Crippen LogP contribution in [0.15, 0.2) is 24.3 Å². The van der Waals surface area contributed by atoms with Crippen molar-refractivity contribution in [2.45, 2.75) is 32.6 Å². The van der Waals surface area contributed by atoms with E-state index < -0.39 is 10.0 Å². The molecule has 0 saturated carbocycles. The summed E-state index contributed by atoms with van der Waals surface area (Å²) in [4.78, 5) is 12.3. The topological polar surface area (TPSA) is 75.7 Å². The molecule has 1 amide bonds. The van der Waals surface area contributed by atoms with Crippen LogP contribution in [0.25, 0.3) is 0 Å². The molecule has 1 aromatic carbocycles. The number of carbonyl (C=O) groups is 1. The van der Waals surface area contributed by atoms with Gasteiger partial charge in [-0.05, 0) is 50.3 Å². The van der Waals surface area contributed by atoms with Crippen LogP contribution in [-0.2, 0) is 21.2 Å². The standard InChI is InChI=1S/C18H28N2O4S/c1-3-25(22,23)20-12-6-9-16(14-20)18(21)19-11-5-8-15-7-4-10-17(13-15)24-2/h4,7,10,13,16H,3,5-6,8-9,11-12,14H2,1-2H3,(H,19,21)/t16-/m0/s1. The molecule has 1 aliphatic rings. The summed E-state index contributed by atoms with van der Waals surface area (Å²) in [6, 6.07) is 7.90. The van der Waals surface area contributed by atoms with Gasteiger partial charge in [0, 0.05) is 19.6 Å². The lowest BCUT2D eigenvalue weighted by Gasteiger charge is -2.30. The number of carbonyl (C=O) groups excluding carboxylic acids is 1. The van der Waals surface area contributed by atoms with E-state index >= 15 is 0 Å². The van der Waals surface area contributed by atoms with Crippen molar-refractivity contribution in [2.75, 3.05) is 32.5 Å². The lowest BCUT2D eigenvalue weighted by Crippen LogP contribution is -2.46. The fraction of sp³-hybridized carbons (Fsp3) is 0.611. The molecule has 1 atom stereocenters. The molecule has 1 fully saturated rings. The van der Waals surface area contributed by atoms with Crippen molar-refractivity contribution >= 4 is 15.9 Å². The van der Waals surface area contributed by atoms with Crippen LogP contribution in [0, 0.1) is 5.92 Å². The molecule has 1 saturated heterocycles. The molecule has 6 nitrogen and oxygen atoms in total. The van der Waals surface area contributed by atoms with E-state index in [-0.39, 0.29) is 17.6 Å². The van der Waals surface area contributed by atoms with Gasteiger partial charge in [0.1, 0.15) is 5.75 Å². The van der Waals surface area contributed by atoms with Gasteiger partial charge < -0.3 is 10.1 Å². The summed E-state index contributed by atoms with van der Waals surface area (Å²) in [5.74, 6) is 0.636. The van der Waals surface area contributed by atoms with E-state index in [1.54, 1.807) is 14.0 Å². The van der Waals surface area contributed by atoms with Crippen LogP contribution in [0.1, 0.15) is 31.7 Å². The molecule has 0 spiro atoms. The second-order valence-electron chi connectivity index (χ2n) is 6.34. The van der Waals surface area contributed by atoms with Crippen molar-refractivity contribution in [1.82, 2.24) is 9.62 Å². The maximum absolute atomic E-state index is 12.3. The first-order valence-corrected chi connectivity index (χ1v) is 10.5. The fourth-order valence-corrected chi connectivity index (χ4v) is 4.25. The Bertz CT molecular complexity index is 675. The molecule has 0 radical (unpaired) electrons. The van der Waals surface area contributed by atoms with Crippen molar-refractivity contribution in [3.05, 3.63) is 29.8 Å². The summed E-state index contributed by atoms with van der Waals surface area (Å²) in [6.45, 7) is 3.05. The van der Waals surface area contributed by atoms with Gasteiger partial charge in [0.25, 0.3) is 0 Å². The Morgan fingerprint density at radius 2 is 2.20 bits per heavy atom. The van der Waals surface area contributed by atoms with Crippen molar-refractivity contribution in [3.8, 4) is 5.75 Å². The molecule has 140 valence electrons. The highest BCUT2D eigenvalue weighted by Gasteiger charge is 2.31. The molecule has 0 aliphatic carbocycles. The quantitative estimate of drug-likeness (QED) is 0.710. The zero-order valence-electron chi connectivity index (χ0n) is 15.0. The van der Waals surface area contributed by atoms with E-state index in [2.05, 4.69) is 5.32 Å². The molecule has 0 unspecified atom stereocenters. The number of ether oxygens (including phenoxy) is 1. The van der Waals surface area contributed by atoms with Crippen molar-refractivity contribution < 1.29 is 17.9 Å². The Hall–Kier alpha value is -1.60. The first kappa shape index (κ1) is 19.7. The van der Waals surface area contributed by atoms with Crippen molar-refractivity contribution in [2.24, 2.45) is 5.92 Å². The molecule has 25 heavy (non-hydrogen) atoms. The predicted octanol–water partition coefficient (Wildman–Crippen LogP) is 1.81. The minimum absolute atomic E-state index is 0.0401. The lowest BCUT2D eigenvalue weighted by atomic mass is 9.99. The molecule has 0 aromatic heterocycles. The molecule has 1 heterocycles. The van der Waals surface area contributed by atoms with E-state index in [0.717, 1.165) is 31.4 Å². The van der Waals surface area contributed by atoms with Gasteiger partial charge in [-0.1, -0.05) is 12.1 Å². The zero-order chi connectivity index (χ0) is 18.3. The molecule has 1 aliphatic heterocycles. The third kappa shape index (κ3) is 5.71. The largest absolute Gasteiger partial charge is 0.497 e. The minimum Gasteiger partial charge on any atom is -0.497 e. The van der Waals surface area contributed by atoms with Gasteiger partial charge in [-0.3, -0.25) is 4.79 Å². The number of benzene rings is 1. The smallest absolute Gasteiger partial charge is 0.224 e. The summed E-state index contributed by atoms with van der Waals surface area (Å²) < 4.78 is 30.6. The van der Waals surface area contributed by atoms with Gasteiger partial charge >= 0.3 is 0 Å². The third-order valence-corrected chi connectivity index (χ3v) is 6.44. The van der Waals surface area contributed by atoms with Crippen LogP contribution in [0.3, 0.4) is 0 Å². The molecule has 0 bridgehead atoms. The van der Waals surface area contributed by atoms with Crippen LogP contribution in [0.5, 0.6) is 5.75 Å². The Kier molecular flexibility index (Phi) is 7.25. The maximum Gasteiger partial charge on any atom is 0.224 e. The minimum atomic E-state index is -3.21. The fourth-order valence-electron chi connectivity index (χ4n) is 3.07. The third-order valence-electron chi connectivity index (χ3n) is 4.59. The predicted molar refractivity (Wildman–Crippen MR) is 98.1 cm³/mol. The highest BCUT2D eigenvalue weighted by Crippen LogP contribution is 2.19. The lowest BCUT2D eigenvalue weighted by molar-refractivity contribution is -0.126. The molecule has 1 N–H and O–H groups in total. The van der Waals surface area contributed by atoms with Crippen LogP contribution in [0.2, 0.25) is 0 Å². The average molecular weight is 368 g/mol. The molecule has 1 aromatic rings. The monoisotopic (exact) mass is 368 g/mol. The molecular weight excluding hydrogens is 340 g/mol. The normalized spacial score (nSPS) is 18.7. The summed E-state index contributed by atoms with van der Waals surface area (Å²) >= 11 is 0. The maximum atomic E-state index is 12.3. The first-order valence-electron chi connectivity index (χ1n) is 8.84. The number of piperidine rings is 1. The van der Waals surface area contributed by atoms with Crippen LogP contribution in [-0.4, -0.2) is 51.1 Å². The second-order valence-corrected chi connectivity index (χ2v) is 8.60. The molecule has 7 heteroatoms. The Morgan fingerprint density at radius 3 is 2.92 bits per heavy atom. The van der Waals surface area contributed by atoms with Gasteiger partial charge in [0.2, 0.25) is 15.9 Å². The average Bonchev–Trinajstić information content (AvgIpc) is 2.65.